The molecule has 2 aliphatic heterocycles. The minimum absolute atomic E-state index is 0.131. The molecule has 6 heterocycles. The zero-order chi connectivity index (χ0) is 32.2. The van der Waals surface area contributed by atoms with Crippen molar-refractivity contribution in [2.24, 2.45) is 0 Å². The van der Waals surface area contributed by atoms with Gasteiger partial charge in [0.1, 0.15) is 53.2 Å². The van der Waals surface area contributed by atoms with E-state index < -0.39 is 68.8 Å². The van der Waals surface area contributed by atoms with E-state index in [-0.39, 0.29) is 22.8 Å². The van der Waals surface area contributed by atoms with Gasteiger partial charge in [-0.25, -0.2) is 29.9 Å². The molecule has 2 aliphatic rings. The van der Waals surface area contributed by atoms with E-state index in [4.69, 9.17) is 35.5 Å². The smallest absolute Gasteiger partial charge is 0.351 e. The molecule has 0 saturated carbocycles. The highest BCUT2D eigenvalue weighted by molar-refractivity contribution is 7.51. The van der Waals surface area contributed by atoms with Gasteiger partial charge in [-0.2, -0.15) is 0 Å². The summed E-state index contributed by atoms with van der Waals surface area (Å²) in [6, 6.07) is 0. The van der Waals surface area contributed by atoms with Crippen LogP contribution >= 0.6 is 7.60 Å². The second kappa shape index (κ2) is 11.5. The van der Waals surface area contributed by atoms with Gasteiger partial charge in [0.05, 0.1) is 19.3 Å². The number of hydrogen-bond acceptors (Lipinski definition) is 17. The van der Waals surface area contributed by atoms with Crippen molar-refractivity contribution in [1.29, 1.82) is 0 Å². The number of rotatable bonds is 6. The first kappa shape index (κ1) is 31.9. The molecule has 22 heteroatoms. The van der Waals surface area contributed by atoms with E-state index in [1.807, 2.05) is 0 Å². The molecule has 0 radical (unpaired) electrons. The first-order valence-electron chi connectivity index (χ1n) is 12.8. The van der Waals surface area contributed by atoms with Crippen LogP contribution in [0.2, 0.25) is 0 Å². The fourth-order valence-electron chi connectivity index (χ4n) is 4.88. The molecule has 2 saturated heterocycles. The molecule has 0 amide bonds. The lowest BCUT2D eigenvalue weighted by atomic mass is 9.96. The highest BCUT2D eigenvalue weighted by Crippen LogP contribution is 2.43. The summed E-state index contributed by atoms with van der Waals surface area (Å²) < 4.78 is 29.5. The fourth-order valence-corrected chi connectivity index (χ4v) is 5.22. The van der Waals surface area contributed by atoms with Crippen molar-refractivity contribution in [2.75, 3.05) is 24.4 Å². The molecule has 21 nitrogen and oxygen atoms in total. The van der Waals surface area contributed by atoms with Crippen LogP contribution in [0.15, 0.2) is 25.3 Å². The quantitative estimate of drug-likeness (QED) is 0.0942. The Morgan fingerprint density at radius 1 is 0.864 bits per heavy atom. The largest absolute Gasteiger partial charge is 0.394 e. The third-order valence-corrected chi connectivity index (χ3v) is 7.73. The standard InChI is InChI=1S/C11H16N5O7P.C11H15N5O4/c1-11(18)6(17)9(22-4-24(19,20)21)23-10(11)16-3-15-5-7(12)13-2-14-8(5)16;1-11(19)7(18)5(2-17)20-10(11)16-4-15-6-8(12)13-3-14-9(6)16/h2-3,6,9-10,17-18H,4H2,1H3,(H2,12,13,14)(H2,19,20,21);3-5,7,10,17-19H,2H2,1H3,(H2,12,13,14)/t6?,9-,10+,11+;5-,7?,10-,11-/m01/s1. The number of hydrogen-bond donors (Lipinski definition) is 9. The van der Waals surface area contributed by atoms with Gasteiger partial charge in [-0.05, 0) is 13.8 Å². The van der Waals surface area contributed by atoms with Gasteiger partial charge in [-0.15, -0.1) is 0 Å². The molecule has 2 unspecified atom stereocenters. The molecule has 11 N–H and O–H groups in total. The SMILES string of the molecule is C[C@@]1(O)C(O)[C@@H](CO)O[C@H]1n1cnc2c(N)ncnc21.C[C@@]1(O)C(O)[C@@H](OCP(=O)(O)O)O[C@H]1n1cnc2c(N)ncnc21. The second-order valence-corrected chi connectivity index (χ2v) is 12.1. The Bertz CT molecular complexity index is 1690. The van der Waals surface area contributed by atoms with Crippen LogP contribution in [0.4, 0.5) is 11.6 Å². The molecule has 4 aromatic heterocycles. The summed E-state index contributed by atoms with van der Waals surface area (Å²) in [6.45, 7) is 2.31. The van der Waals surface area contributed by atoms with Crippen LogP contribution in [0, 0.1) is 0 Å². The highest BCUT2D eigenvalue weighted by atomic mass is 31.2. The Labute approximate surface area is 246 Å². The number of anilines is 2. The summed E-state index contributed by atoms with van der Waals surface area (Å²) in [5.74, 6) is 0.344. The van der Waals surface area contributed by atoms with Crippen LogP contribution < -0.4 is 11.5 Å². The van der Waals surface area contributed by atoms with Crippen LogP contribution in [0.3, 0.4) is 0 Å². The van der Waals surface area contributed by atoms with E-state index >= 15 is 0 Å². The Kier molecular flexibility index (Phi) is 8.33. The number of nitrogens with zero attached hydrogens (tertiary/aromatic N) is 8. The Balaban J connectivity index is 0.000000177. The first-order valence-corrected chi connectivity index (χ1v) is 14.6. The van der Waals surface area contributed by atoms with Crippen LogP contribution in [-0.4, -0.2) is 123 Å². The summed E-state index contributed by atoms with van der Waals surface area (Å²) >= 11 is 0. The number of nitrogens with two attached hydrogens (primary N) is 2. The lowest BCUT2D eigenvalue weighted by Gasteiger charge is -2.27. The van der Waals surface area contributed by atoms with Crippen molar-refractivity contribution in [1.82, 2.24) is 39.0 Å². The third-order valence-electron chi connectivity index (χ3n) is 7.24. The Morgan fingerprint density at radius 3 is 1.80 bits per heavy atom. The second-order valence-electron chi connectivity index (χ2n) is 10.5. The van der Waals surface area contributed by atoms with E-state index in [9.17, 15) is 30.1 Å². The fraction of sp³-hybridized carbons (Fsp3) is 0.545. The van der Waals surface area contributed by atoms with Gasteiger partial charge in [0, 0.05) is 0 Å². The van der Waals surface area contributed by atoms with Gasteiger partial charge in [0.25, 0.3) is 0 Å². The topological polar surface area (TPSA) is 326 Å². The van der Waals surface area contributed by atoms with Crippen LogP contribution in [-0.2, 0) is 18.8 Å². The molecule has 0 bridgehead atoms. The lowest BCUT2D eigenvalue weighted by molar-refractivity contribution is -0.167. The summed E-state index contributed by atoms with van der Waals surface area (Å²) in [6.07, 6.45) is -3.01. The Morgan fingerprint density at radius 2 is 1.34 bits per heavy atom. The number of nitrogen functional groups attached to an aromatic ring is 2. The number of ether oxygens (including phenoxy) is 3. The molecule has 2 fully saturated rings. The molecule has 0 spiro atoms. The van der Waals surface area contributed by atoms with Gasteiger partial charge < -0.3 is 61.0 Å². The first-order chi connectivity index (χ1) is 20.6. The number of fused-ring (bicyclic) bond motifs is 2. The molecule has 0 aromatic carbocycles. The molecule has 8 atom stereocenters. The molecule has 4 aromatic rings. The number of aliphatic hydroxyl groups is 5. The van der Waals surface area contributed by atoms with Crippen molar-refractivity contribution in [3.05, 3.63) is 25.3 Å². The third kappa shape index (κ3) is 5.59. The predicted molar refractivity (Wildman–Crippen MR) is 146 cm³/mol. The highest BCUT2D eigenvalue weighted by Gasteiger charge is 2.55. The Hall–Kier alpha value is -3.47. The normalized spacial score (nSPS) is 32.3. The minimum atomic E-state index is -4.46. The van der Waals surface area contributed by atoms with Crippen molar-refractivity contribution in [2.45, 2.75) is 62.1 Å². The van der Waals surface area contributed by atoms with Gasteiger partial charge in [-0.3, -0.25) is 13.7 Å². The maximum Gasteiger partial charge on any atom is 0.351 e. The van der Waals surface area contributed by atoms with E-state index in [1.54, 1.807) is 0 Å². The average molecular weight is 643 g/mol. The zero-order valence-corrected chi connectivity index (χ0v) is 24.0. The molecule has 6 rings (SSSR count). The van der Waals surface area contributed by atoms with Crippen molar-refractivity contribution >= 4 is 41.6 Å². The number of aromatic nitrogens is 8. The van der Waals surface area contributed by atoms with E-state index in [1.165, 1.54) is 48.3 Å². The van der Waals surface area contributed by atoms with E-state index in [0.717, 1.165) is 0 Å². The van der Waals surface area contributed by atoms with Crippen LogP contribution in [0.5, 0.6) is 0 Å². The number of aliphatic hydroxyl groups excluding tert-OH is 3. The monoisotopic (exact) mass is 642 g/mol. The molecular formula is C22H31N10O11P. The summed E-state index contributed by atoms with van der Waals surface area (Å²) in [5.41, 5.74) is 9.26. The van der Waals surface area contributed by atoms with Gasteiger partial charge in [0.2, 0.25) is 0 Å². The maximum atomic E-state index is 10.9. The molecular weight excluding hydrogens is 611 g/mol. The summed E-state index contributed by atoms with van der Waals surface area (Å²) in [5, 5.41) is 50.3. The zero-order valence-electron chi connectivity index (χ0n) is 23.1. The lowest BCUT2D eigenvalue weighted by Crippen LogP contribution is -2.44. The predicted octanol–water partition coefficient (Wildman–Crippen LogP) is -3.06. The molecule has 0 aliphatic carbocycles. The molecule has 44 heavy (non-hydrogen) atoms. The summed E-state index contributed by atoms with van der Waals surface area (Å²) in [7, 11) is -4.46. The van der Waals surface area contributed by atoms with Crippen molar-refractivity contribution in [3.8, 4) is 0 Å². The van der Waals surface area contributed by atoms with E-state index in [0.29, 0.717) is 11.2 Å². The maximum absolute atomic E-state index is 10.9. The number of imidazole rings is 2. The molecule has 240 valence electrons. The van der Waals surface area contributed by atoms with E-state index in [2.05, 4.69) is 29.9 Å². The van der Waals surface area contributed by atoms with Gasteiger partial charge >= 0.3 is 7.60 Å². The van der Waals surface area contributed by atoms with Crippen LogP contribution in [0.25, 0.3) is 22.3 Å². The van der Waals surface area contributed by atoms with Gasteiger partial charge in [0.15, 0.2) is 48.0 Å². The van der Waals surface area contributed by atoms with Gasteiger partial charge in [-0.1, -0.05) is 0 Å². The average Bonchev–Trinajstić information content (AvgIpc) is 3.68. The van der Waals surface area contributed by atoms with Crippen molar-refractivity contribution < 1.29 is 54.1 Å². The van der Waals surface area contributed by atoms with Crippen LogP contribution in [0.1, 0.15) is 26.3 Å². The minimum Gasteiger partial charge on any atom is -0.394 e. The summed E-state index contributed by atoms with van der Waals surface area (Å²) in [4.78, 5) is 41.5. The van der Waals surface area contributed by atoms with Crippen molar-refractivity contribution in [3.63, 3.8) is 0 Å².